The first-order chi connectivity index (χ1) is 9.61. The van der Waals surface area contributed by atoms with E-state index >= 15 is 0 Å². The second kappa shape index (κ2) is 6.59. The van der Waals surface area contributed by atoms with E-state index in [4.69, 9.17) is 27.9 Å². The minimum Gasteiger partial charge on any atom is -0.497 e. The van der Waals surface area contributed by atoms with E-state index in [0.29, 0.717) is 6.54 Å². The first kappa shape index (κ1) is 14.6. The summed E-state index contributed by atoms with van der Waals surface area (Å²) in [6, 6.07) is 7.56. The lowest BCUT2D eigenvalue weighted by Crippen LogP contribution is -2.22. The monoisotopic (exact) mass is 310 g/mol. The number of hydrogen-bond donors (Lipinski definition) is 0. The maximum Gasteiger partial charge on any atom is 0.287 e. The average molecular weight is 311 g/mol. The average Bonchev–Trinajstić information content (AvgIpc) is 2.48. The van der Waals surface area contributed by atoms with Crippen molar-refractivity contribution >= 4 is 29.3 Å². The molecule has 4 nitrogen and oxygen atoms in total. The summed E-state index contributed by atoms with van der Waals surface area (Å²) < 4.78 is 6.32. The maximum atomic E-state index is 11.7. The van der Waals surface area contributed by atoms with Gasteiger partial charge in [-0.05, 0) is 17.7 Å². The third-order valence-electron chi connectivity index (χ3n) is 2.65. The van der Waals surface area contributed by atoms with Crippen molar-refractivity contribution in [2.75, 3.05) is 7.11 Å². The van der Waals surface area contributed by atoms with Gasteiger partial charge in [0, 0.05) is 0 Å². The van der Waals surface area contributed by atoms with Crippen molar-refractivity contribution in [1.29, 1.82) is 0 Å². The minimum absolute atomic E-state index is 0.0143. The number of allylic oxidation sites excluding steroid dienone is 1. The number of ether oxygens (including phenoxy) is 1. The van der Waals surface area contributed by atoms with Gasteiger partial charge in [0.1, 0.15) is 10.8 Å². The Morgan fingerprint density at radius 1 is 1.30 bits per heavy atom. The lowest BCUT2D eigenvalue weighted by molar-refractivity contribution is 0.415. The highest BCUT2D eigenvalue weighted by Crippen LogP contribution is 2.15. The third-order valence-corrected chi connectivity index (χ3v) is 3.40. The summed E-state index contributed by atoms with van der Waals surface area (Å²) in [6.07, 6.45) is 5.06. The number of benzene rings is 1. The van der Waals surface area contributed by atoms with Gasteiger partial charge in [-0.3, -0.25) is 4.79 Å². The van der Waals surface area contributed by atoms with Crippen LogP contribution >= 0.6 is 23.2 Å². The molecule has 0 saturated heterocycles. The summed E-state index contributed by atoms with van der Waals surface area (Å²) in [5.41, 5.74) is 0.595. The van der Waals surface area contributed by atoms with Crippen molar-refractivity contribution in [3.63, 3.8) is 0 Å². The highest BCUT2D eigenvalue weighted by Gasteiger charge is 2.05. The van der Waals surface area contributed by atoms with Gasteiger partial charge in [0.25, 0.3) is 5.56 Å². The van der Waals surface area contributed by atoms with Crippen LogP contribution in [-0.4, -0.2) is 16.9 Å². The standard InChI is InChI=1S/C14H12Cl2N2O2/c1-20-11-6-4-10(5-7-11)3-2-8-18-14(19)13(16)12(15)9-17-18/h2-7,9H,8H2,1H3/b3-2+. The molecule has 6 heteroatoms. The van der Waals surface area contributed by atoms with Crippen LogP contribution in [0.4, 0.5) is 0 Å². The van der Waals surface area contributed by atoms with Gasteiger partial charge in [-0.1, -0.05) is 47.5 Å². The Morgan fingerprint density at radius 2 is 2.00 bits per heavy atom. The summed E-state index contributed by atoms with van der Waals surface area (Å²) in [7, 11) is 1.62. The Kier molecular flexibility index (Phi) is 4.82. The Morgan fingerprint density at radius 3 is 2.65 bits per heavy atom. The fourth-order valence-corrected chi connectivity index (χ4v) is 1.85. The van der Waals surface area contributed by atoms with Crippen LogP contribution < -0.4 is 10.3 Å². The molecule has 1 aromatic heterocycles. The van der Waals surface area contributed by atoms with E-state index in [9.17, 15) is 4.79 Å². The predicted molar refractivity (Wildman–Crippen MR) is 80.5 cm³/mol. The molecule has 20 heavy (non-hydrogen) atoms. The van der Waals surface area contributed by atoms with E-state index in [0.717, 1.165) is 11.3 Å². The number of hydrogen-bond acceptors (Lipinski definition) is 3. The van der Waals surface area contributed by atoms with Crippen molar-refractivity contribution in [3.8, 4) is 5.75 Å². The molecular formula is C14H12Cl2N2O2. The molecule has 0 N–H and O–H groups in total. The molecule has 1 heterocycles. The van der Waals surface area contributed by atoms with Gasteiger partial charge in [0.05, 0.1) is 24.9 Å². The number of nitrogens with zero attached hydrogens (tertiary/aromatic N) is 2. The van der Waals surface area contributed by atoms with Crippen LogP contribution in [0.3, 0.4) is 0 Å². The summed E-state index contributed by atoms with van der Waals surface area (Å²) in [6.45, 7) is 0.321. The summed E-state index contributed by atoms with van der Waals surface area (Å²) in [5.74, 6) is 0.796. The lowest BCUT2D eigenvalue weighted by Gasteiger charge is -2.02. The zero-order valence-corrected chi connectivity index (χ0v) is 12.2. The molecule has 0 fully saturated rings. The van der Waals surface area contributed by atoms with Gasteiger partial charge in [-0.2, -0.15) is 5.10 Å². The van der Waals surface area contributed by atoms with Gasteiger partial charge < -0.3 is 4.74 Å². The lowest BCUT2D eigenvalue weighted by atomic mass is 10.2. The van der Waals surface area contributed by atoms with Gasteiger partial charge in [-0.15, -0.1) is 0 Å². The van der Waals surface area contributed by atoms with Crippen molar-refractivity contribution in [2.24, 2.45) is 0 Å². The molecule has 0 aliphatic rings. The van der Waals surface area contributed by atoms with Crippen LogP contribution in [0.1, 0.15) is 5.56 Å². The summed E-state index contributed by atoms with van der Waals surface area (Å²) in [4.78, 5) is 11.7. The van der Waals surface area contributed by atoms with E-state index in [1.54, 1.807) is 7.11 Å². The van der Waals surface area contributed by atoms with Crippen LogP contribution in [0.25, 0.3) is 6.08 Å². The zero-order chi connectivity index (χ0) is 14.5. The molecule has 1 aromatic carbocycles. The molecule has 0 atom stereocenters. The summed E-state index contributed by atoms with van der Waals surface area (Å²) >= 11 is 11.5. The molecule has 0 aliphatic heterocycles. The molecule has 0 bridgehead atoms. The maximum absolute atomic E-state index is 11.7. The Labute approximate surface area is 126 Å². The van der Waals surface area contributed by atoms with E-state index in [1.807, 2.05) is 36.4 Å². The van der Waals surface area contributed by atoms with Crippen molar-refractivity contribution < 1.29 is 4.74 Å². The molecule has 0 aliphatic carbocycles. The number of halogens is 2. The molecular weight excluding hydrogens is 299 g/mol. The minimum atomic E-state index is -0.404. The predicted octanol–water partition coefficient (Wildman–Crippen LogP) is 3.27. The fraction of sp³-hybridized carbons (Fsp3) is 0.143. The van der Waals surface area contributed by atoms with E-state index in [-0.39, 0.29) is 10.0 Å². The smallest absolute Gasteiger partial charge is 0.287 e. The highest BCUT2D eigenvalue weighted by molar-refractivity contribution is 6.41. The second-order valence-corrected chi connectivity index (χ2v) is 4.75. The number of aromatic nitrogens is 2. The van der Waals surface area contributed by atoms with Crippen molar-refractivity contribution in [1.82, 2.24) is 9.78 Å². The first-order valence-corrected chi connectivity index (χ1v) is 6.59. The Bertz CT molecular complexity index is 679. The largest absolute Gasteiger partial charge is 0.497 e. The molecule has 0 saturated carbocycles. The molecule has 0 spiro atoms. The van der Waals surface area contributed by atoms with Crippen molar-refractivity contribution in [3.05, 3.63) is 62.5 Å². The topological polar surface area (TPSA) is 44.1 Å². The van der Waals surface area contributed by atoms with E-state index in [2.05, 4.69) is 5.10 Å². The molecule has 2 rings (SSSR count). The van der Waals surface area contributed by atoms with Gasteiger partial charge in [0.2, 0.25) is 0 Å². The number of methoxy groups -OCH3 is 1. The third kappa shape index (κ3) is 3.40. The van der Waals surface area contributed by atoms with Crippen LogP contribution in [0, 0.1) is 0 Å². The fourth-order valence-electron chi connectivity index (χ4n) is 1.58. The van der Waals surface area contributed by atoms with Gasteiger partial charge >= 0.3 is 0 Å². The molecule has 104 valence electrons. The van der Waals surface area contributed by atoms with Crippen LogP contribution in [0.5, 0.6) is 5.75 Å². The van der Waals surface area contributed by atoms with Crippen LogP contribution in [0.15, 0.2) is 41.3 Å². The summed E-state index contributed by atoms with van der Waals surface area (Å²) in [5, 5.41) is 4.06. The molecule has 0 amide bonds. The normalized spacial score (nSPS) is 10.9. The quantitative estimate of drug-likeness (QED) is 0.870. The zero-order valence-electron chi connectivity index (χ0n) is 10.7. The van der Waals surface area contributed by atoms with Crippen molar-refractivity contribution in [2.45, 2.75) is 6.54 Å². The highest BCUT2D eigenvalue weighted by atomic mass is 35.5. The van der Waals surface area contributed by atoms with Crippen LogP contribution in [0.2, 0.25) is 10.0 Å². The molecule has 2 aromatic rings. The van der Waals surface area contributed by atoms with Crippen LogP contribution in [-0.2, 0) is 6.54 Å². The first-order valence-electron chi connectivity index (χ1n) is 5.83. The molecule has 0 radical (unpaired) electrons. The van der Waals surface area contributed by atoms with E-state index in [1.165, 1.54) is 10.9 Å². The van der Waals surface area contributed by atoms with Gasteiger partial charge in [0.15, 0.2) is 0 Å². The number of rotatable bonds is 4. The van der Waals surface area contributed by atoms with E-state index < -0.39 is 5.56 Å². The second-order valence-electron chi connectivity index (χ2n) is 3.97. The Hall–Kier alpha value is -1.78. The molecule has 0 unspecified atom stereocenters. The Balaban J connectivity index is 2.10. The van der Waals surface area contributed by atoms with Gasteiger partial charge in [-0.25, -0.2) is 4.68 Å². The SMILES string of the molecule is COc1ccc(/C=C/Cn2ncc(Cl)c(Cl)c2=O)cc1.